The first kappa shape index (κ1) is 19.5. The van der Waals surface area contributed by atoms with Crippen LogP contribution in [0.25, 0.3) is 22.0 Å². The number of nitrogens with zero attached hydrogens (tertiary/aromatic N) is 1. The predicted molar refractivity (Wildman–Crippen MR) is 118 cm³/mol. The summed E-state index contributed by atoms with van der Waals surface area (Å²) in [7, 11) is 0. The van der Waals surface area contributed by atoms with E-state index in [1.807, 2.05) is 42.5 Å². The van der Waals surface area contributed by atoms with Gasteiger partial charge in [0.15, 0.2) is 0 Å². The van der Waals surface area contributed by atoms with E-state index in [1.54, 1.807) is 12.3 Å². The second-order valence-electron chi connectivity index (χ2n) is 7.21. The van der Waals surface area contributed by atoms with E-state index in [0.29, 0.717) is 24.5 Å². The van der Waals surface area contributed by atoms with E-state index in [9.17, 15) is 4.79 Å². The summed E-state index contributed by atoms with van der Waals surface area (Å²) in [6, 6.07) is 19.9. The van der Waals surface area contributed by atoms with E-state index in [4.69, 9.17) is 15.6 Å². The van der Waals surface area contributed by atoms with Gasteiger partial charge in [0.05, 0.1) is 24.0 Å². The van der Waals surface area contributed by atoms with Gasteiger partial charge in [0, 0.05) is 23.8 Å². The molecule has 0 saturated heterocycles. The molecule has 0 aliphatic rings. The smallest absolute Gasteiger partial charge is 0.303 e. The van der Waals surface area contributed by atoms with Crippen molar-refractivity contribution < 1.29 is 14.6 Å². The lowest BCUT2D eigenvalue weighted by atomic mass is 9.97. The molecule has 6 heteroatoms. The number of nitrogens with one attached hydrogen (secondary N) is 1. The lowest BCUT2D eigenvalue weighted by Gasteiger charge is -2.16. The summed E-state index contributed by atoms with van der Waals surface area (Å²) in [4.78, 5) is 11.0. The molecule has 0 radical (unpaired) electrons. The highest BCUT2D eigenvalue weighted by Crippen LogP contribution is 2.38. The number of benzene rings is 3. The van der Waals surface area contributed by atoms with Crippen LogP contribution in [0, 0.1) is 0 Å². The summed E-state index contributed by atoms with van der Waals surface area (Å²) in [6.45, 7) is 0.490. The lowest BCUT2D eigenvalue weighted by Crippen LogP contribution is -2.06. The standard InChI is InChI=1S/C24H23N3O3/c25-21-13-17(6-9-23(28)29)12-20(18-7-8-22-19(14-18)15-26-27-22)24(21)30-11-10-16-4-2-1-3-5-16/h1-5,7-8,12-15H,6,9-11,25H2,(H,26,27)(H,28,29). The molecular formula is C24H23N3O3. The maximum atomic E-state index is 11.0. The highest BCUT2D eigenvalue weighted by Gasteiger charge is 2.14. The zero-order valence-corrected chi connectivity index (χ0v) is 16.5. The van der Waals surface area contributed by atoms with Gasteiger partial charge in [-0.15, -0.1) is 0 Å². The summed E-state index contributed by atoms with van der Waals surface area (Å²) >= 11 is 0. The van der Waals surface area contributed by atoms with Crippen molar-refractivity contribution in [1.29, 1.82) is 0 Å². The van der Waals surface area contributed by atoms with Gasteiger partial charge in [0.25, 0.3) is 0 Å². The fourth-order valence-electron chi connectivity index (χ4n) is 3.51. The van der Waals surface area contributed by atoms with Gasteiger partial charge in [0.2, 0.25) is 0 Å². The molecule has 0 unspecified atom stereocenters. The molecule has 0 amide bonds. The largest absolute Gasteiger partial charge is 0.490 e. The Kier molecular flexibility index (Phi) is 5.66. The fourth-order valence-corrected chi connectivity index (χ4v) is 3.51. The van der Waals surface area contributed by atoms with E-state index in [-0.39, 0.29) is 6.42 Å². The van der Waals surface area contributed by atoms with Gasteiger partial charge in [-0.25, -0.2) is 0 Å². The minimum atomic E-state index is -0.835. The number of nitrogen functional groups attached to an aromatic ring is 1. The molecule has 4 rings (SSSR count). The van der Waals surface area contributed by atoms with Crippen LogP contribution in [0.5, 0.6) is 5.75 Å². The first-order chi connectivity index (χ1) is 14.6. The molecule has 30 heavy (non-hydrogen) atoms. The normalized spacial score (nSPS) is 10.9. The first-order valence-corrected chi connectivity index (χ1v) is 9.84. The second-order valence-corrected chi connectivity index (χ2v) is 7.21. The molecule has 0 saturated carbocycles. The second kappa shape index (κ2) is 8.69. The van der Waals surface area contributed by atoms with Crippen LogP contribution in [0.4, 0.5) is 5.69 Å². The molecule has 4 N–H and O–H groups in total. The Morgan fingerprint density at radius 1 is 1.03 bits per heavy atom. The number of carboxylic acids is 1. The molecule has 0 atom stereocenters. The SMILES string of the molecule is Nc1cc(CCC(=O)O)cc(-c2ccc3[nH]ncc3c2)c1OCCc1ccccc1. The summed E-state index contributed by atoms with van der Waals surface area (Å²) in [5.74, 6) is -0.217. The molecule has 6 nitrogen and oxygen atoms in total. The molecular weight excluding hydrogens is 378 g/mol. The number of aromatic nitrogens is 2. The number of carbonyl (C=O) groups is 1. The van der Waals surface area contributed by atoms with Crippen LogP contribution < -0.4 is 10.5 Å². The Balaban J connectivity index is 1.66. The van der Waals surface area contributed by atoms with Crippen molar-refractivity contribution >= 4 is 22.6 Å². The summed E-state index contributed by atoms with van der Waals surface area (Å²) < 4.78 is 6.14. The third-order valence-electron chi connectivity index (χ3n) is 5.04. The van der Waals surface area contributed by atoms with Crippen LogP contribution in [-0.2, 0) is 17.6 Å². The minimum absolute atomic E-state index is 0.0495. The number of H-pyrrole nitrogens is 1. The Labute approximate surface area is 174 Å². The number of nitrogens with two attached hydrogens (primary N) is 1. The average Bonchev–Trinajstić information content (AvgIpc) is 3.22. The van der Waals surface area contributed by atoms with Gasteiger partial charge in [-0.2, -0.15) is 5.10 Å². The number of hydrogen-bond acceptors (Lipinski definition) is 4. The zero-order valence-electron chi connectivity index (χ0n) is 16.5. The Morgan fingerprint density at radius 2 is 1.87 bits per heavy atom. The monoisotopic (exact) mass is 401 g/mol. The molecule has 0 bridgehead atoms. The molecule has 0 spiro atoms. The molecule has 0 fully saturated rings. The van der Waals surface area contributed by atoms with Gasteiger partial charge < -0.3 is 15.6 Å². The van der Waals surface area contributed by atoms with Crippen molar-refractivity contribution in [3.05, 3.63) is 78.0 Å². The number of aryl methyl sites for hydroxylation is 1. The fraction of sp³-hybridized carbons (Fsp3) is 0.167. The van der Waals surface area contributed by atoms with Gasteiger partial charge >= 0.3 is 5.97 Å². The van der Waals surface area contributed by atoms with Crippen LogP contribution in [0.2, 0.25) is 0 Å². The van der Waals surface area contributed by atoms with Crippen LogP contribution >= 0.6 is 0 Å². The number of rotatable bonds is 8. The Hall–Kier alpha value is -3.80. The van der Waals surface area contributed by atoms with Crippen molar-refractivity contribution in [2.45, 2.75) is 19.3 Å². The van der Waals surface area contributed by atoms with E-state index < -0.39 is 5.97 Å². The highest BCUT2D eigenvalue weighted by molar-refractivity contribution is 5.87. The number of ether oxygens (including phenoxy) is 1. The molecule has 152 valence electrons. The maximum absolute atomic E-state index is 11.0. The van der Waals surface area contributed by atoms with Gasteiger partial charge in [-0.05, 0) is 47.4 Å². The number of aliphatic carboxylic acids is 1. The highest BCUT2D eigenvalue weighted by atomic mass is 16.5. The third-order valence-corrected chi connectivity index (χ3v) is 5.04. The van der Waals surface area contributed by atoms with Gasteiger partial charge in [0.1, 0.15) is 5.75 Å². The van der Waals surface area contributed by atoms with Crippen LogP contribution in [0.15, 0.2) is 66.9 Å². The van der Waals surface area contributed by atoms with Crippen molar-refractivity contribution in [3.8, 4) is 16.9 Å². The zero-order chi connectivity index (χ0) is 20.9. The molecule has 1 heterocycles. The van der Waals surface area contributed by atoms with E-state index in [2.05, 4.69) is 22.3 Å². The van der Waals surface area contributed by atoms with Crippen LogP contribution in [-0.4, -0.2) is 27.9 Å². The molecule has 4 aromatic rings. The topological polar surface area (TPSA) is 101 Å². The number of carboxylic acid groups (broad SMARTS) is 1. The van der Waals surface area contributed by atoms with Gasteiger partial charge in [-0.3, -0.25) is 9.89 Å². The average molecular weight is 401 g/mol. The maximum Gasteiger partial charge on any atom is 0.303 e. The Morgan fingerprint density at radius 3 is 2.67 bits per heavy atom. The summed E-state index contributed by atoms with van der Waals surface area (Å²) in [6.07, 6.45) is 2.99. The molecule has 1 aromatic heterocycles. The number of fused-ring (bicyclic) bond motifs is 1. The third kappa shape index (κ3) is 4.43. The quantitative estimate of drug-likeness (QED) is 0.379. The lowest BCUT2D eigenvalue weighted by molar-refractivity contribution is -0.136. The number of anilines is 1. The Bertz CT molecular complexity index is 1170. The summed E-state index contributed by atoms with van der Waals surface area (Å²) in [5.41, 5.74) is 11.7. The predicted octanol–water partition coefficient (Wildman–Crippen LogP) is 4.45. The number of hydrogen-bond donors (Lipinski definition) is 3. The van der Waals surface area contributed by atoms with Crippen molar-refractivity contribution in [1.82, 2.24) is 10.2 Å². The van der Waals surface area contributed by atoms with Crippen molar-refractivity contribution in [3.63, 3.8) is 0 Å². The summed E-state index contributed by atoms with van der Waals surface area (Å²) in [5, 5.41) is 17.1. The van der Waals surface area contributed by atoms with E-state index in [1.165, 1.54) is 5.56 Å². The molecule has 0 aliphatic carbocycles. The van der Waals surface area contributed by atoms with Crippen LogP contribution in [0.3, 0.4) is 0 Å². The molecule has 3 aromatic carbocycles. The minimum Gasteiger partial charge on any atom is -0.490 e. The van der Waals surface area contributed by atoms with Gasteiger partial charge in [-0.1, -0.05) is 36.4 Å². The first-order valence-electron chi connectivity index (χ1n) is 9.84. The van der Waals surface area contributed by atoms with Crippen molar-refractivity contribution in [2.75, 3.05) is 12.3 Å². The number of aromatic amines is 1. The van der Waals surface area contributed by atoms with E-state index >= 15 is 0 Å². The van der Waals surface area contributed by atoms with E-state index in [0.717, 1.165) is 34.0 Å². The molecule has 0 aliphatic heterocycles. The van der Waals surface area contributed by atoms with Crippen molar-refractivity contribution in [2.24, 2.45) is 0 Å². The van der Waals surface area contributed by atoms with Crippen LogP contribution in [0.1, 0.15) is 17.5 Å².